The fourth-order valence-corrected chi connectivity index (χ4v) is 2.03. The van der Waals surface area contributed by atoms with Crippen molar-refractivity contribution in [3.8, 4) is 0 Å². The van der Waals surface area contributed by atoms with Crippen molar-refractivity contribution < 1.29 is 9.53 Å². The van der Waals surface area contributed by atoms with Crippen molar-refractivity contribution in [2.24, 2.45) is 0 Å². The Hall–Kier alpha value is -1.14. The molecule has 0 saturated carbocycles. The van der Waals surface area contributed by atoms with Crippen LogP contribution in [0.4, 0.5) is 4.79 Å². The fourth-order valence-electron chi connectivity index (χ4n) is 1.41. The maximum absolute atomic E-state index is 12.0. The Bertz CT molecular complexity index is 619. The summed E-state index contributed by atoms with van der Waals surface area (Å²) in [6.45, 7) is 5.38. The monoisotopic (exact) mass is 331 g/mol. The second-order valence-electron chi connectivity index (χ2n) is 4.69. The molecule has 0 aliphatic carbocycles. The van der Waals surface area contributed by atoms with E-state index < -0.39 is 11.7 Å². The highest BCUT2D eigenvalue weighted by molar-refractivity contribution is 9.10. The van der Waals surface area contributed by atoms with E-state index in [4.69, 9.17) is 16.3 Å². The van der Waals surface area contributed by atoms with Crippen LogP contribution in [0, 0.1) is 0 Å². The number of fused-ring (bicyclic) bond motifs is 1. The molecule has 0 N–H and O–H groups in total. The molecule has 0 fully saturated rings. The highest BCUT2D eigenvalue weighted by atomic mass is 79.9. The minimum Gasteiger partial charge on any atom is -0.443 e. The summed E-state index contributed by atoms with van der Waals surface area (Å²) in [5.41, 5.74) is 0.422. The van der Waals surface area contributed by atoms with E-state index in [0.717, 1.165) is 0 Å². The number of ether oxygens (including phenoxy) is 1. The Morgan fingerprint density at radius 3 is 2.72 bits per heavy atom. The second kappa shape index (κ2) is 4.51. The highest BCUT2D eigenvalue weighted by Gasteiger charge is 2.21. The number of carbonyl (C=O) groups is 1. The van der Waals surface area contributed by atoms with Crippen LogP contribution in [0.25, 0.3) is 11.0 Å². The van der Waals surface area contributed by atoms with Crippen molar-refractivity contribution in [3.63, 3.8) is 0 Å². The number of hydrogen-bond donors (Lipinski definition) is 0. The zero-order chi connectivity index (χ0) is 13.5. The minimum atomic E-state index is -0.579. The molecule has 2 heterocycles. The molecule has 0 aliphatic rings. The molecule has 0 amide bonds. The topological polar surface area (TPSA) is 57.0 Å². The molecule has 2 aromatic heterocycles. The molecule has 7 heteroatoms. The van der Waals surface area contributed by atoms with E-state index in [1.54, 1.807) is 20.8 Å². The number of carbonyl (C=O) groups excluding carboxylic acids is 1. The first-order chi connectivity index (χ1) is 8.29. The number of nitrogens with zero attached hydrogens (tertiary/aromatic N) is 3. The lowest BCUT2D eigenvalue weighted by molar-refractivity contribution is 0.0543. The molecule has 96 valence electrons. The first-order valence-corrected chi connectivity index (χ1v) is 6.37. The Kier molecular flexibility index (Phi) is 3.33. The van der Waals surface area contributed by atoms with E-state index >= 15 is 0 Å². The summed E-state index contributed by atoms with van der Waals surface area (Å²) in [6.07, 6.45) is 2.30. The predicted molar refractivity (Wildman–Crippen MR) is 71.9 cm³/mol. The first kappa shape index (κ1) is 13.3. The van der Waals surface area contributed by atoms with Crippen molar-refractivity contribution in [1.29, 1.82) is 0 Å². The average molecular weight is 333 g/mol. The Balaban J connectivity index is 2.53. The van der Waals surface area contributed by atoms with Gasteiger partial charge in [0.2, 0.25) is 0 Å². The van der Waals surface area contributed by atoms with Crippen LogP contribution in [-0.4, -0.2) is 26.2 Å². The number of aromatic nitrogens is 3. The van der Waals surface area contributed by atoms with Crippen LogP contribution in [0.5, 0.6) is 0 Å². The Labute approximate surface area is 117 Å². The summed E-state index contributed by atoms with van der Waals surface area (Å²) in [7, 11) is 0. The van der Waals surface area contributed by atoms with Crippen LogP contribution in [0.15, 0.2) is 17.1 Å². The zero-order valence-corrected chi connectivity index (χ0v) is 12.4. The van der Waals surface area contributed by atoms with Crippen LogP contribution in [0.1, 0.15) is 20.8 Å². The summed E-state index contributed by atoms with van der Waals surface area (Å²) in [4.78, 5) is 20.1. The number of pyridine rings is 1. The molecule has 0 spiro atoms. The quantitative estimate of drug-likeness (QED) is 0.691. The highest BCUT2D eigenvalue weighted by Crippen LogP contribution is 2.27. The molecule has 0 radical (unpaired) electrons. The molecule has 5 nitrogen and oxygen atoms in total. The summed E-state index contributed by atoms with van der Waals surface area (Å²) in [5, 5.41) is 0.344. The normalized spacial score (nSPS) is 11.8. The first-order valence-electron chi connectivity index (χ1n) is 5.20. The molecular weight excluding hydrogens is 321 g/mol. The van der Waals surface area contributed by atoms with Gasteiger partial charge in [0.1, 0.15) is 27.6 Å². The van der Waals surface area contributed by atoms with E-state index in [1.807, 2.05) is 0 Å². The molecular formula is C11H11BrClN3O2. The third-order valence-corrected chi connectivity index (χ3v) is 2.93. The van der Waals surface area contributed by atoms with Crippen molar-refractivity contribution in [3.05, 3.63) is 22.1 Å². The molecule has 18 heavy (non-hydrogen) atoms. The van der Waals surface area contributed by atoms with Crippen LogP contribution in [-0.2, 0) is 4.74 Å². The van der Waals surface area contributed by atoms with Gasteiger partial charge in [0.05, 0.1) is 5.02 Å². The van der Waals surface area contributed by atoms with Crippen LogP contribution in [0.2, 0.25) is 5.02 Å². The van der Waals surface area contributed by atoms with E-state index in [9.17, 15) is 4.79 Å². The number of rotatable bonds is 0. The lowest BCUT2D eigenvalue weighted by Crippen LogP contribution is -2.26. The average Bonchev–Trinajstić information content (AvgIpc) is 2.66. The van der Waals surface area contributed by atoms with Crippen molar-refractivity contribution in [2.45, 2.75) is 26.4 Å². The Morgan fingerprint density at radius 2 is 2.11 bits per heavy atom. The van der Waals surface area contributed by atoms with Crippen molar-refractivity contribution in [1.82, 2.24) is 14.5 Å². The van der Waals surface area contributed by atoms with Crippen LogP contribution in [0.3, 0.4) is 0 Å². The van der Waals surface area contributed by atoms with Crippen LogP contribution < -0.4 is 0 Å². The molecule has 2 aromatic rings. The second-order valence-corrected chi connectivity index (χ2v) is 5.85. The van der Waals surface area contributed by atoms with Gasteiger partial charge in [0.15, 0.2) is 0 Å². The van der Waals surface area contributed by atoms with Gasteiger partial charge in [-0.05, 0) is 36.7 Å². The molecule has 0 saturated heterocycles. The standard InChI is InChI=1S/C11H11BrClN3O2/c1-11(2,3)18-10(17)16-5-15-7-8(16)6(13)4-14-9(7)12/h4-5H,1-3H3. The van der Waals surface area contributed by atoms with E-state index in [0.29, 0.717) is 20.7 Å². The van der Waals surface area contributed by atoms with Gasteiger partial charge < -0.3 is 4.74 Å². The van der Waals surface area contributed by atoms with Gasteiger partial charge in [0.25, 0.3) is 0 Å². The van der Waals surface area contributed by atoms with E-state index in [2.05, 4.69) is 25.9 Å². The number of halogens is 2. The summed E-state index contributed by atoms with van der Waals surface area (Å²) < 4.78 is 7.08. The fraction of sp³-hybridized carbons (Fsp3) is 0.364. The van der Waals surface area contributed by atoms with Gasteiger partial charge in [-0.3, -0.25) is 0 Å². The Morgan fingerprint density at radius 1 is 1.44 bits per heavy atom. The molecule has 0 bridgehead atoms. The maximum Gasteiger partial charge on any atom is 0.420 e. The van der Waals surface area contributed by atoms with Gasteiger partial charge in [-0.15, -0.1) is 0 Å². The zero-order valence-electron chi connectivity index (χ0n) is 10.1. The SMILES string of the molecule is CC(C)(C)OC(=O)n1cnc2c(Br)ncc(Cl)c21. The maximum atomic E-state index is 12.0. The third-order valence-electron chi connectivity index (χ3n) is 2.07. The summed E-state index contributed by atoms with van der Waals surface area (Å²) in [5.74, 6) is 0. The van der Waals surface area contributed by atoms with Gasteiger partial charge in [0, 0.05) is 6.20 Å². The van der Waals surface area contributed by atoms with Crippen molar-refractivity contribution >= 4 is 44.7 Å². The number of hydrogen-bond acceptors (Lipinski definition) is 4. The van der Waals surface area contributed by atoms with Crippen LogP contribution >= 0.6 is 27.5 Å². The predicted octanol–water partition coefficient (Wildman–Crippen LogP) is 3.63. The lowest BCUT2D eigenvalue weighted by atomic mass is 10.2. The third kappa shape index (κ3) is 2.49. The van der Waals surface area contributed by atoms with Gasteiger partial charge in [-0.25, -0.2) is 19.3 Å². The molecule has 0 atom stereocenters. The van der Waals surface area contributed by atoms with E-state index in [-0.39, 0.29) is 0 Å². The molecule has 0 unspecified atom stereocenters. The summed E-state index contributed by atoms with van der Waals surface area (Å²) >= 11 is 9.30. The van der Waals surface area contributed by atoms with Crippen molar-refractivity contribution in [2.75, 3.05) is 0 Å². The molecule has 0 aromatic carbocycles. The summed E-state index contributed by atoms with van der Waals surface area (Å²) in [6, 6.07) is 0. The molecule has 0 aliphatic heterocycles. The minimum absolute atomic E-state index is 0.344. The number of imidazole rings is 1. The largest absolute Gasteiger partial charge is 0.443 e. The van der Waals surface area contributed by atoms with E-state index in [1.165, 1.54) is 17.1 Å². The van der Waals surface area contributed by atoms with Gasteiger partial charge in [-0.1, -0.05) is 11.6 Å². The smallest absolute Gasteiger partial charge is 0.420 e. The van der Waals surface area contributed by atoms with Gasteiger partial charge >= 0.3 is 6.09 Å². The van der Waals surface area contributed by atoms with Gasteiger partial charge in [-0.2, -0.15) is 0 Å². The lowest BCUT2D eigenvalue weighted by Gasteiger charge is -2.19. The molecule has 2 rings (SSSR count).